The Bertz CT molecular complexity index is 1700. The van der Waals surface area contributed by atoms with Crippen molar-refractivity contribution in [1.29, 1.82) is 0 Å². The third-order valence-electron chi connectivity index (χ3n) is 7.10. The number of sulfone groups is 1. The van der Waals surface area contributed by atoms with Crippen LogP contribution in [0.5, 0.6) is 11.6 Å². The van der Waals surface area contributed by atoms with Gasteiger partial charge in [0, 0.05) is 55.9 Å². The van der Waals surface area contributed by atoms with Crippen LogP contribution >= 0.6 is 11.6 Å². The minimum Gasteiger partial charge on any atom is -0.437 e. The highest BCUT2D eigenvalue weighted by Crippen LogP contribution is 2.31. The van der Waals surface area contributed by atoms with E-state index in [1.165, 1.54) is 24.3 Å². The molecule has 0 unspecified atom stereocenters. The predicted molar refractivity (Wildman–Crippen MR) is 161 cm³/mol. The predicted octanol–water partition coefficient (Wildman–Crippen LogP) is 6.91. The SMILES string of the molecule is CS(=O)(=O)c1ccc(Oc2ccc(CN3CCC(N(C(=O)Nc4ccc(F)cc4F)c4ccccc4)CC3)cn2)c(Cl)c1. The fourth-order valence-electron chi connectivity index (χ4n) is 4.92. The van der Waals surface area contributed by atoms with Gasteiger partial charge in [-0.1, -0.05) is 35.9 Å². The number of carbonyl (C=O) groups excluding carboxylic acids is 1. The van der Waals surface area contributed by atoms with Gasteiger partial charge in [0.25, 0.3) is 0 Å². The van der Waals surface area contributed by atoms with Crippen LogP contribution in [0.4, 0.5) is 25.0 Å². The number of amides is 2. The quantitative estimate of drug-likeness (QED) is 0.228. The van der Waals surface area contributed by atoms with Crippen LogP contribution in [0.1, 0.15) is 18.4 Å². The molecule has 43 heavy (non-hydrogen) atoms. The van der Waals surface area contributed by atoms with Crippen LogP contribution in [-0.4, -0.2) is 49.7 Å². The molecule has 1 aromatic heterocycles. The summed E-state index contributed by atoms with van der Waals surface area (Å²) in [5.74, 6) is -0.941. The van der Waals surface area contributed by atoms with E-state index in [4.69, 9.17) is 16.3 Å². The Morgan fingerprint density at radius 3 is 2.42 bits per heavy atom. The monoisotopic (exact) mass is 626 g/mol. The van der Waals surface area contributed by atoms with Gasteiger partial charge in [0.15, 0.2) is 9.84 Å². The zero-order valence-electron chi connectivity index (χ0n) is 23.2. The van der Waals surface area contributed by atoms with Crippen LogP contribution in [0, 0.1) is 11.6 Å². The Morgan fingerprint density at radius 2 is 1.79 bits per heavy atom. The number of nitrogens with zero attached hydrogens (tertiary/aromatic N) is 3. The van der Waals surface area contributed by atoms with E-state index < -0.39 is 27.5 Å². The summed E-state index contributed by atoms with van der Waals surface area (Å²) in [7, 11) is -3.39. The van der Waals surface area contributed by atoms with E-state index in [-0.39, 0.29) is 21.6 Å². The summed E-state index contributed by atoms with van der Waals surface area (Å²) in [6, 6.07) is 19.5. The molecule has 3 aromatic carbocycles. The number of urea groups is 1. The standard InChI is InChI=1S/C31H29ClF2N4O4S/c1-43(40,41)25-9-11-29(26(32)18-25)42-30-12-7-21(19-35-30)20-37-15-13-24(14-16-37)38(23-5-3-2-4-6-23)31(39)36-28-10-8-22(33)17-27(28)34/h2-12,17-19,24H,13-16,20H2,1H3,(H,36,39). The summed E-state index contributed by atoms with van der Waals surface area (Å²) < 4.78 is 56.8. The van der Waals surface area contributed by atoms with Crippen molar-refractivity contribution in [3.8, 4) is 11.6 Å². The molecule has 4 aromatic rings. The molecule has 0 aliphatic carbocycles. The van der Waals surface area contributed by atoms with Gasteiger partial charge >= 0.3 is 6.03 Å². The van der Waals surface area contributed by atoms with Gasteiger partial charge < -0.3 is 10.1 Å². The van der Waals surface area contributed by atoms with E-state index in [0.29, 0.717) is 49.8 Å². The number of hydrogen-bond donors (Lipinski definition) is 1. The number of carbonyl (C=O) groups is 1. The van der Waals surface area contributed by atoms with Crippen LogP contribution in [0.3, 0.4) is 0 Å². The fourth-order valence-corrected chi connectivity index (χ4v) is 5.85. The van der Waals surface area contributed by atoms with E-state index in [9.17, 15) is 22.0 Å². The summed E-state index contributed by atoms with van der Waals surface area (Å²) >= 11 is 6.21. The van der Waals surface area contributed by atoms with Gasteiger partial charge in [0.05, 0.1) is 15.6 Å². The summed E-state index contributed by atoms with van der Waals surface area (Å²) in [5, 5.41) is 2.76. The second-order valence-corrected chi connectivity index (χ2v) is 12.7. The topological polar surface area (TPSA) is 91.8 Å². The lowest BCUT2D eigenvalue weighted by Crippen LogP contribution is -2.49. The molecule has 2 heterocycles. The summed E-state index contributed by atoms with van der Waals surface area (Å²) in [4.78, 5) is 21.7. The molecule has 2 amide bonds. The second kappa shape index (κ2) is 13.1. The molecule has 224 valence electrons. The van der Waals surface area contributed by atoms with Crippen LogP contribution in [0.2, 0.25) is 5.02 Å². The molecule has 8 nitrogen and oxygen atoms in total. The molecule has 0 bridgehead atoms. The first-order chi connectivity index (χ1) is 20.6. The van der Waals surface area contributed by atoms with E-state index >= 15 is 0 Å². The smallest absolute Gasteiger partial charge is 0.326 e. The van der Waals surface area contributed by atoms with Crippen LogP contribution in [0.25, 0.3) is 0 Å². The maximum Gasteiger partial charge on any atom is 0.326 e. The zero-order valence-corrected chi connectivity index (χ0v) is 24.8. The fraction of sp³-hybridized carbons (Fsp3) is 0.226. The Labute approximate surface area is 253 Å². The third-order valence-corrected chi connectivity index (χ3v) is 8.50. The highest BCUT2D eigenvalue weighted by atomic mass is 35.5. The molecule has 1 saturated heterocycles. The van der Waals surface area contributed by atoms with Crippen molar-refractivity contribution in [2.75, 3.05) is 29.6 Å². The van der Waals surface area contributed by atoms with Crippen molar-refractivity contribution in [2.45, 2.75) is 30.3 Å². The molecule has 0 spiro atoms. The number of piperidine rings is 1. The van der Waals surface area contributed by atoms with Crippen LogP contribution < -0.4 is 15.0 Å². The maximum atomic E-state index is 14.3. The first-order valence-electron chi connectivity index (χ1n) is 13.5. The van der Waals surface area contributed by atoms with Gasteiger partial charge in [-0.2, -0.15) is 0 Å². The molecule has 0 radical (unpaired) electrons. The Morgan fingerprint density at radius 1 is 1.05 bits per heavy atom. The number of rotatable bonds is 8. The molecule has 1 aliphatic heterocycles. The summed E-state index contributed by atoms with van der Waals surface area (Å²) in [6.45, 7) is 2.07. The number of nitrogens with one attached hydrogen (secondary N) is 1. The van der Waals surface area contributed by atoms with E-state index in [0.717, 1.165) is 24.0 Å². The van der Waals surface area contributed by atoms with E-state index in [2.05, 4.69) is 15.2 Å². The number of benzene rings is 3. The summed E-state index contributed by atoms with van der Waals surface area (Å²) in [6.07, 6.45) is 4.19. The van der Waals surface area contributed by atoms with Crippen LogP contribution in [-0.2, 0) is 16.4 Å². The number of ether oxygens (including phenoxy) is 1. The third kappa shape index (κ3) is 7.67. The summed E-state index contributed by atoms with van der Waals surface area (Å²) in [5.41, 5.74) is 1.57. The number of pyridine rings is 1. The lowest BCUT2D eigenvalue weighted by Gasteiger charge is -2.38. The van der Waals surface area contributed by atoms with Crippen molar-refractivity contribution < 1.29 is 26.7 Å². The number of hydrogen-bond acceptors (Lipinski definition) is 6. The highest BCUT2D eigenvalue weighted by molar-refractivity contribution is 7.90. The minimum absolute atomic E-state index is 0.0853. The van der Waals surface area contributed by atoms with Gasteiger partial charge in [-0.25, -0.2) is 27.0 Å². The first-order valence-corrected chi connectivity index (χ1v) is 15.8. The largest absolute Gasteiger partial charge is 0.437 e. The molecule has 1 N–H and O–H groups in total. The average Bonchev–Trinajstić information content (AvgIpc) is 2.98. The Balaban J connectivity index is 1.20. The number of likely N-dealkylation sites (tertiary alicyclic amines) is 1. The van der Waals surface area contributed by atoms with Gasteiger partial charge in [0.2, 0.25) is 5.88 Å². The van der Waals surface area contributed by atoms with Gasteiger partial charge in [-0.05, 0) is 60.9 Å². The molecule has 1 aliphatic rings. The second-order valence-electron chi connectivity index (χ2n) is 10.2. The number of para-hydroxylation sites is 1. The molecule has 12 heteroatoms. The molecule has 0 saturated carbocycles. The van der Waals surface area contributed by atoms with Crippen molar-refractivity contribution in [3.63, 3.8) is 0 Å². The van der Waals surface area contributed by atoms with Crippen molar-refractivity contribution in [3.05, 3.63) is 107 Å². The number of anilines is 2. The minimum atomic E-state index is -3.39. The lowest BCUT2D eigenvalue weighted by atomic mass is 10.0. The van der Waals surface area contributed by atoms with Gasteiger partial charge in [-0.3, -0.25) is 9.80 Å². The highest BCUT2D eigenvalue weighted by Gasteiger charge is 2.30. The average molecular weight is 627 g/mol. The Hall–Kier alpha value is -4.06. The number of aromatic nitrogens is 1. The van der Waals surface area contributed by atoms with Crippen molar-refractivity contribution >= 4 is 38.8 Å². The molecule has 0 atom stereocenters. The van der Waals surface area contributed by atoms with Crippen molar-refractivity contribution in [2.24, 2.45) is 0 Å². The molecule has 5 rings (SSSR count). The van der Waals surface area contributed by atoms with Gasteiger partial charge in [0.1, 0.15) is 17.4 Å². The van der Waals surface area contributed by atoms with Crippen LogP contribution in [0.15, 0.2) is 90.0 Å². The molecule has 1 fully saturated rings. The Kier molecular flexibility index (Phi) is 9.24. The lowest BCUT2D eigenvalue weighted by molar-refractivity contribution is 0.199. The van der Waals surface area contributed by atoms with E-state index in [1.54, 1.807) is 17.2 Å². The first kappa shape index (κ1) is 30.4. The molecular formula is C31H29ClF2N4O4S. The zero-order chi connectivity index (χ0) is 30.6. The maximum absolute atomic E-state index is 14.3. The van der Waals surface area contributed by atoms with Gasteiger partial charge in [-0.15, -0.1) is 0 Å². The van der Waals surface area contributed by atoms with E-state index in [1.807, 2.05) is 36.4 Å². The molecular weight excluding hydrogens is 598 g/mol. The number of halogens is 3. The normalized spacial score (nSPS) is 14.3. The van der Waals surface area contributed by atoms with Crippen molar-refractivity contribution in [1.82, 2.24) is 9.88 Å².